The number of phenolic OH excluding ortho intramolecular Hbond substituents is 1. The fourth-order valence-corrected chi connectivity index (χ4v) is 1.82. The van der Waals surface area contributed by atoms with Gasteiger partial charge in [0.25, 0.3) is 0 Å². The van der Waals surface area contributed by atoms with Gasteiger partial charge in [-0.3, -0.25) is 4.79 Å². The van der Waals surface area contributed by atoms with Crippen LogP contribution in [-0.2, 0) is 11.2 Å². The zero-order chi connectivity index (χ0) is 13.7. The van der Waals surface area contributed by atoms with Gasteiger partial charge in [0.2, 0.25) is 0 Å². The molecule has 100 valence electrons. The zero-order valence-corrected chi connectivity index (χ0v) is 11.1. The second-order valence-corrected chi connectivity index (χ2v) is 4.90. The summed E-state index contributed by atoms with van der Waals surface area (Å²) in [6.07, 6.45) is 0.836. The summed E-state index contributed by atoms with van der Waals surface area (Å²) in [5.74, 6) is -0.866. The maximum absolute atomic E-state index is 10.8. The first-order chi connectivity index (χ1) is 8.40. The Bertz CT molecular complexity index is 389. The van der Waals surface area contributed by atoms with Gasteiger partial charge < -0.3 is 15.1 Å². The Morgan fingerprint density at radius 1 is 1.28 bits per heavy atom. The van der Waals surface area contributed by atoms with Crippen molar-refractivity contribution in [2.24, 2.45) is 5.92 Å². The number of phenols is 1. The van der Waals surface area contributed by atoms with Gasteiger partial charge in [-0.2, -0.15) is 0 Å². The third-order valence-corrected chi connectivity index (χ3v) is 3.20. The van der Waals surface area contributed by atoms with Gasteiger partial charge in [0, 0.05) is 12.6 Å². The molecule has 4 nitrogen and oxygen atoms in total. The highest BCUT2D eigenvalue weighted by molar-refractivity contribution is 5.69. The summed E-state index contributed by atoms with van der Waals surface area (Å²) >= 11 is 0. The van der Waals surface area contributed by atoms with Crippen LogP contribution in [0.4, 0.5) is 0 Å². The van der Waals surface area contributed by atoms with E-state index < -0.39 is 5.97 Å². The number of carboxylic acids is 1. The van der Waals surface area contributed by atoms with Crippen LogP contribution in [0.3, 0.4) is 0 Å². The van der Waals surface area contributed by atoms with E-state index in [1.165, 1.54) is 0 Å². The van der Waals surface area contributed by atoms with Crippen LogP contribution in [0.5, 0.6) is 5.75 Å². The molecule has 1 aromatic carbocycles. The highest BCUT2D eigenvalue weighted by atomic mass is 16.4. The third kappa shape index (κ3) is 4.37. The number of likely N-dealkylation sites (N-methyl/N-ethyl adjacent to an activating group) is 1. The molecule has 0 bridgehead atoms. The standard InChI is InChI=1S/C14H21NO3/c1-10(14(17)18)9-15(3)11(2)8-12-4-6-13(16)7-5-12/h4-7,10-11,16H,8-9H2,1-3H3,(H,17,18). The molecule has 0 aliphatic rings. The molecule has 0 aliphatic carbocycles. The third-order valence-electron chi connectivity index (χ3n) is 3.20. The minimum atomic E-state index is -0.765. The van der Waals surface area contributed by atoms with Gasteiger partial charge in [-0.15, -0.1) is 0 Å². The van der Waals surface area contributed by atoms with Crippen LogP contribution in [0.2, 0.25) is 0 Å². The lowest BCUT2D eigenvalue weighted by molar-refractivity contribution is -0.141. The van der Waals surface area contributed by atoms with Crippen molar-refractivity contribution >= 4 is 5.97 Å². The molecule has 1 rings (SSSR count). The lowest BCUT2D eigenvalue weighted by Gasteiger charge is -2.26. The lowest BCUT2D eigenvalue weighted by Crippen LogP contribution is -2.36. The van der Waals surface area contributed by atoms with Crippen molar-refractivity contribution in [3.63, 3.8) is 0 Å². The average molecular weight is 251 g/mol. The normalized spacial score (nSPS) is 14.4. The predicted octanol–water partition coefficient (Wildman–Crippen LogP) is 1.98. The maximum atomic E-state index is 10.8. The molecule has 0 aromatic heterocycles. The number of rotatable bonds is 6. The van der Waals surface area contributed by atoms with Crippen molar-refractivity contribution in [1.29, 1.82) is 0 Å². The Hall–Kier alpha value is -1.55. The predicted molar refractivity (Wildman–Crippen MR) is 70.7 cm³/mol. The van der Waals surface area contributed by atoms with Crippen molar-refractivity contribution in [1.82, 2.24) is 4.90 Å². The van der Waals surface area contributed by atoms with E-state index in [2.05, 4.69) is 6.92 Å². The van der Waals surface area contributed by atoms with E-state index in [0.717, 1.165) is 12.0 Å². The molecule has 0 fully saturated rings. The Morgan fingerprint density at radius 3 is 2.33 bits per heavy atom. The Balaban J connectivity index is 2.51. The smallest absolute Gasteiger partial charge is 0.307 e. The first-order valence-corrected chi connectivity index (χ1v) is 6.11. The largest absolute Gasteiger partial charge is 0.508 e. The van der Waals surface area contributed by atoms with E-state index in [1.807, 2.05) is 24.1 Å². The SMILES string of the molecule is CC(CN(C)C(C)Cc1ccc(O)cc1)C(=O)O. The first-order valence-electron chi connectivity index (χ1n) is 6.11. The van der Waals surface area contributed by atoms with E-state index in [0.29, 0.717) is 6.54 Å². The number of aliphatic carboxylic acids is 1. The molecule has 0 heterocycles. The molecule has 0 spiro atoms. The molecular weight excluding hydrogens is 230 g/mol. The van der Waals surface area contributed by atoms with Crippen molar-refractivity contribution in [3.05, 3.63) is 29.8 Å². The molecule has 2 atom stereocenters. The van der Waals surface area contributed by atoms with Gasteiger partial charge in [-0.1, -0.05) is 19.1 Å². The van der Waals surface area contributed by atoms with Crippen molar-refractivity contribution in [2.75, 3.05) is 13.6 Å². The molecule has 4 heteroatoms. The number of hydrogen-bond donors (Lipinski definition) is 2. The van der Waals surface area contributed by atoms with Gasteiger partial charge in [0.05, 0.1) is 5.92 Å². The minimum absolute atomic E-state index is 0.261. The molecule has 2 N–H and O–H groups in total. The van der Waals surface area contributed by atoms with Crippen LogP contribution < -0.4 is 0 Å². The minimum Gasteiger partial charge on any atom is -0.508 e. The number of hydrogen-bond acceptors (Lipinski definition) is 3. The number of benzene rings is 1. The summed E-state index contributed by atoms with van der Waals surface area (Å²) in [6.45, 7) is 4.32. The van der Waals surface area contributed by atoms with Crippen molar-refractivity contribution < 1.29 is 15.0 Å². The zero-order valence-electron chi connectivity index (χ0n) is 11.1. The number of carbonyl (C=O) groups is 1. The van der Waals surface area contributed by atoms with E-state index >= 15 is 0 Å². The van der Waals surface area contributed by atoms with Gasteiger partial charge >= 0.3 is 5.97 Å². The Labute approximate surface area is 108 Å². The fraction of sp³-hybridized carbons (Fsp3) is 0.500. The van der Waals surface area contributed by atoms with E-state index in [-0.39, 0.29) is 17.7 Å². The lowest BCUT2D eigenvalue weighted by atomic mass is 10.0. The molecule has 18 heavy (non-hydrogen) atoms. The van der Waals surface area contributed by atoms with Crippen LogP contribution >= 0.6 is 0 Å². The molecule has 0 aliphatic heterocycles. The van der Waals surface area contributed by atoms with Crippen molar-refractivity contribution in [2.45, 2.75) is 26.3 Å². The van der Waals surface area contributed by atoms with E-state index in [4.69, 9.17) is 5.11 Å². The summed E-state index contributed by atoms with van der Waals surface area (Å²) in [5, 5.41) is 18.1. The number of carboxylic acid groups (broad SMARTS) is 1. The molecular formula is C14H21NO3. The quantitative estimate of drug-likeness (QED) is 0.811. The summed E-state index contributed by atoms with van der Waals surface area (Å²) in [6, 6.07) is 7.38. The molecule has 0 radical (unpaired) electrons. The highest BCUT2D eigenvalue weighted by Crippen LogP contribution is 2.13. The monoisotopic (exact) mass is 251 g/mol. The van der Waals surface area contributed by atoms with Crippen molar-refractivity contribution in [3.8, 4) is 5.75 Å². The second kappa shape index (κ2) is 6.40. The second-order valence-electron chi connectivity index (χ2n) is 4.90. The van der Waals surface area contributed by atoms with E-state index in [1.54, 1.807) is 19.1 Å². The molecule has 0 amide bonds. The van der Waals surface area contributed by atoms with Gasteiger partial charge in [0.15, 0.2) is 0 Å². The molecule has 2 unspecified atom stereocenters. The van der Waals surface area contributed by atoms with Crippen LogP contribution in [0.15, 0.2) is 24.3 Å². The van der Waals surface area contributed by atoms with Gasteiger partial charge in [-0.25, -0.2) is 0 Å². The molecule has 0 saturated heterocycles. The van der Waals surface area contributed by atoms with Crippen LogP contribution in [0, 0.1) is 5.92 Å². The summed E-state index contributed by atoms with van der Waals surface area (Å²) in [4.78, 5) is 12.8. The highest BCUT2D eigenvalue weighted by Gasteiger charge is 2.17. The van der Waals surface area contributed by atoms with Gasteiger partial charge in [-0.05, 0) is 38.1 Å². The Kier molecular flexibility index (Phi) is 5.16. The molecule has 1 aromatic rings. The van der Waals surface area contributed by atoms with E-state index in [9.17, 15) is 9.90 Å². The van der Waals surface area contributed by atoms with Crippen LogP contribution in [-0.4, -0.2) is 40.7 Å². The van der Waals surface area contributed by atoms with Crippen LogP contribution in [0.25, 0.3) is 0 Å². The van der Waals surface area contributed by atoms with Gasteiger partial charge in [0.1, 0.15) is 5.75 Å². The topological polar surface area (TPSA) is 60.8 Å². The Morgan fingerprint density at radius 2 is 1.83 bits per heavy atom. The van der Waals surface area contributed by atoms with Crippen LogP contribution in [0.1, 0.15) is 19.4 Å². The summed E-state index contributed by atoms with van der Waals surface area (Å²) in [5.41, 5.74) is 1.13. The first kappa shape index (κ1) is 14.5. The number of aromatic hydroxyl groups is 1. The molecule has 0 saturated carbocycles. The fourth-order valence-electron chi connectivity index (χ4n) is 1.82. The maximum Gasteiger partial charge on any atom is 0.307 e. The summed E-state index contributed by atoms with van der Waals surface area (Å²) in [7, 11) is 1.94. The summed E-state index contributed by atoms with van der Waals surface area (Å²) < 4.78 is 0. The number of nitrogens with zero attached hydrogens (tertiary/aromatic N) is 1. The average Bonchev–Trinajstić information content (AvgIpc) is 2.31.